The molecule has 2 aromatic rings. The van der Waals surface area contributed by atoms with Crippen LogP contribution in [-0.4, -0.2) is 37.1 Å². The third kappa shape index (κ3) is 3.61. The molecule has 0 amide bonds. The van der Waals surface area contributed by atoms with Gasteiger partial charge in [-0.2, -0.15) is 0 Å². The van der Waals surface area contributed by atoms with Crippen molar-refractivity contribution in [2.45, 2.75) is 39.2 Å². The van der Waals surface area contributed by atoms with Crippen molar-refractivity contribution in [2.75, 3.05) is 20.1 Å². The largest absolute Gasteiger partial charge is 0.462 e. The first-order chi connectivity index (χ1) is 10.9. The maximum Gasteiger partial charge on any atom is 0.310 e. The van der Waals surface area contributed by atoms with Crippen LogP contribution in [0.1, 0.15) is 29.5 Å². The Morgan fingerprint density at radius 1 is 1.35 bits per heavy atom. The highest BCUT2D eigenvalue weighted by Gasteiger charge is 2.23. The quantitative estimate of drug-likeness (QED) is 0.756. The van der Waals surface area contributed by atoms with Crippen LogP contribution < -0.4 is 0 Å². The van der Waals surface area contributed by atoms with Crippen molar-refractivity contribution < 1.29 is 13.9 Å². The van der Waals surface area contributed by atoms with Gasteiger partial charge >= 0.3 is 5.97 Å². The van der Waals surface area contributed by atoms with E-state index in [1.165, 1.54) is 0 Å². The molecule has 1 fully saturated rings. The minimum atomic E-state index is -0.178. The van der Waals surface area contributed by atoms with E-state index in [4.69, 9.17) is 9.15 Å². The lowest BCUT2D eigenvalue weighted by molar-refractivity contribution is -0.150. The highest BCUT2D eigenvalue weighted by atomic mass is 79.9. The number of carbonyl (C=O) groups is 1. The number of hydrogen-bond acceptors (Lipinski definition) is 4. The van der Waals surface area contributed by atoms with Crippen LogP contribution in [0.5, 0.6) is 0 Å². The van der Waals surface area contributed by atoms with Crippen LogP contribution in [0.4, 0.5) is 0 Å². The van der Waals surface area contributed by atoms with E-state index in [0.717, 1.165) is 53.6 Å². The second-order valence-corrected chi connectivity index (χ2v) is 7.20. The number of ether oxygens (including phenoxy) is 1. The topological polar surface area (TPSA) is 42.7 Å². The molecule has 124 valence electrons. The minimum absolute atomic E-state index is 0.0407. The van der Waals surface area contributed by atoms with E-state index in [9.17, 15) is 4.79 Å². The second kappa shape index (κ2) is 6.65. The molecule has 1 aromatic heterocycles. The monoisotopic (exact) mass is 379 g/mol. The summed E-state index contributed by atoms with van der Waals surface area (Å²) in [6.07, 6.45) is 2.10. The number of halogens is 1. The van der Waals surface area contributed by atoms with Crippen LogP contribution in [0, 0.1) is 13.8 Å². The number of furan rings is 1. The summed E-state index contributed by atoms with van der Waals surface area (Å²) < 4.78 is 12.0. The number of nitrogens with zero attached hydrogens (tertiary/aromatic N) is 1. The molecule has 5 heteroatoms. The Balaban J connectivity index is 1.76. The average Bonchev–Trinajstić information content (AvgIpc) is 2.77. The Labute approximate surface area is 144 Å². The summed E-state index contributed by atoms with van der Waals surface area (Å²) in [4.78, 5) is 14.6. The van der Waals surface area contributed by atoms with Crippen molar-refractivity contribution >= 4 is 32.9 Å². The molecule has 2 heterocycles. The van der Waals surface area contributed by atoms with Crippen molar-refractivity contribution in [3.8, 4) is 0 Å². The highest BCUT2D eigenvalue weighted by molar-refractivity contribution is 9.10. The van der Waals surface area contributed by atoms with Gasteiger partial charge in [0.1, 0.15) is 11.7 Å². The number of hydrogen-bond donors (Lipinski definition) is 0. The lowest BCUT2D eigenvalue weighted by Gasteiger charge is -2.28. The first-order valence-corrected chi connectivity index (χ1v) is 8.79. The summed E-state index contributed by atoms with van der Waals surface area (Å²) in [5.41, 5.74) is 3.97. The Kier molecular flexibility index (Phi) is 4.78. The van der Waals surface area contributed by atoms with E-state index in [-0.39, 0.29) is 18.5 Å². The summed E-state index contributed by atoms with van der Waals surface area (Å²) in [5, 5.41) is 1.02. The number of rotatable bonds is 3. The maximum atomic E-state index is 12.3. The summed E-state index contributed by atoms with van der Waals surface area (Å²) in [6, 6.07) is 4.11. The highest BCUT2D eigenvalue weighted by Crippen LogP contribution is 2.33. The molecule has 1 aliphatic rings. The van der Waals surface area contributed by atoms with Gasteiger partial charge < -0.3 is 14.1 Å². The number of benzene rings is 1. The molecule has 23 heavy (non-hydrogen) atoms. The van der Waals surface area contributed by atoms with Crippen LogP contribution in [0.2, 0.25) is 0 Å². The van der Waals surface area contributed by atoms with Crippen LogP contribution >= 0.6 is 15.9 Å². The van der Waals surface area contributed by atoms with E-state index in [2.05, 4.69) is 33.9 Å². The van der Waals surface area contributed by atoms with Crippen LogP contribution in [-0.2, 0) is 16.0 Å². The minimum Gasteiger partial charge on any atom is -0.462 e. The van der Waals surface area contributed by atoms with Gasteiger partial charge in [-0.25, -0.2) is 0 Å². The first kappa shape index (κ1) is 16.5. The fourth-order valence-corrected chi connectivity index (χ4v) is 3.80. The van der Waals surface area contributed by atoms with E-state index >= 15 is 0 Å². The average molecular weight is 380 g/mol. The second-order valence-electron chi connectivity index (χ2n) is 6.48. The smallest absolute Gasteiger partial charge is 0.310 e. The summed E-state index contributed by atoms with van der Waals surface area (Å²) in [5.74, 6) is -0.178. The van der Waals surface area contributed by atoms with Crippen LogP contribution in [0.3, 0.4) is 0 Å². The number of piperidine rings is 1. The molecule has 0 N–H and O–H groups in total. The molecule has 0 unspecified atom stereocenters. The van der Waals surface area contributed by atoms with Gasteiger partial charge in [-0.3, -0.25) is 4.79 Å². The van der Waals surface area contributed by atoms with Crippen molar-refractivity contribution in [3.05, 3.63) is 33.5 Å². The SMILES string of the molecule is Cc1cc(C)c2c(CC(=O)OC3CCN(C)CC3)c(Br)oc2c1. The predicted octanol–water partition coefficient (Wildman–Crippen LogP) is 3.99. The number of esters is 1. The Bertz CT molecular complexity index is 729. The lowest BCUT2D eigenvalue weighted by Crippen LogP contribution is -2.35. The van der Waals surface area contributed by atoms with Crippen molar-refractivity contribution in [1.29, 1.82) is 0 Å². The van der Waals surface area contributed by atoms with Gasteiger partial charge in [0.05, 0.1) is 6.42 Å². The lowest BCUT2D eigenvalue weighted by atomic mass is 10.0. The number of fused-ring (bicyclic) bond motifs is 1. The van der Waals surface area contributed by atoms with E-state index in [0.29, 0.717) is 4.67 Å². The third-order valence-corrected chi connectivity index (χ3v) is 5.11. The molecular weight excluding hydrogens is 358 g/mol. The first-order valence-electron chi connectivity index (χ1n) is 8.00. The zero-order valence-electron chi connectivity index (χ0n) is 13.8. The van der Waals surface area contributed by atoms with E-state index in [1.807, 2.05) is 19.9 Å². The Hall–Kier alpha value is -1.33. The molecule has 0 atom stereocenters. The Morgan fingerprint density at radius 2 is 2.04 bits per heavy atom. The van der Waals surface area contributed by atoms with Gasteiger partial charge in [0, 0.05) is 24.0 Å². The summed E-state index contributed by atoms with van der Waals surface area (Å²) in [7, 11) is 2.09. The predicted molar refractivity (Wildman–Crippen MR) is 93.7 cm³/mol. The van der Waals surface area contributed by atoms with Gasteiger partial charge in [0.25, 0.3) is 0 Å². The molecule has 4 nitrogen and oxygen atoms in total. The molecular formula is C18H22BrNO3. The number of aryl methyl sites for hydroxylation is 2. The zero-order valence-corrected chi connectivity index (χ0v) is 15.4. The molecule has 0 radical (unpaired) electrons. The standard InChI is InChI=1S/C18H22BrNO3/c1-11-8-12(2)17-14(18(19)23-15(17)9-11)10-16(21)22-13-4-6-20(3)7-5-13/h8-9,13H,4-7,10H2,1-3H3. The van der Waals surface area contributed by atoms with E-state index in [1.54, 1.807) is 0 Å². The number of likely N-dealkylation sites (tertiary alicyclic amines) is 1. The van der Waals surface area contributed by atoms with Gasteiger partial charge in [0.2, 0.25) is 0 Å². The molecule has 1 aliphatic heterocycles. The van der Waals surface area contributed by atoms with Crippen molar-refractivity contribution in [2.24, 2.45) is 0 Å². The maximum absolute atomic E-state index is 12.3. The molecule has 3 rings (SSSR count). The molecule has 1 saturated heterocycles. The van der Waals surface area contributed by atoms with Gasteiger partial charge in [0.15, 0.2) is 4.67 Å². The van der Waals surface area contributed by atoms with Gasteiger partial charge in [-0.1, -0.05) is 6.07 Å². The summed E-state index contributed by atoms with van der Waals surface area (Å²) in [6.45, 7) is 6.04. The van der Waals surface area contributed by atoms with Crippen molar-refractivity contribution in [1.82, 2.24) is 4.90 Å². The molecule has 0 saturated carbocycles. The van der Waals surface area contributed by atoms with Gasteiger partial charge in [-0.15, -0.1) is 0 Å². The molecule has 0 aliphatic carbocycles. The normalized spacial score (nSPS) is 16.9. The third-order valence-electron chi connectivity index (χ3n) is 4.47. The fourth-order valence-electron chi connectivity index (χ4n) is 3.28. The van der Waals surface area contributed by atoms with Crippen LogP contribution in [0.15, 0.2) is 21.2 Å². The van der Waals surface area contributed by atoms with Gasteiger partial charge in [-0.05, 0) is 66.9 Å². The molecule has 0 spiro atoms. The molecule has 1 aromatic carbocycles. The van der Waals surface area contributed by atoms with Crippen LogP contribution in [0.25, 0.3) is 11.0 Å². The summed E-state index contributed by atoms with van der Waals surface area (Å²) >= 11 is 3.45. The fraction of sp³-hybridized carbons (Fsp3) is 0.500. The van der Waals surface area contributed by atoms with Crippen molar-refractivity contribution in [3.63, 3.8) is 0 Å². The zero-order chi connectivity index (χ0) is 16.6. The number of carbonyl (C=O) groups excluding carboxylic acids is 1. The Morgan fingerprint density at radius 3 is 2.74 bits per heavy atom. The van der Waals surface area contributed by atoms with E-state index < -0.39 is 0 Å². The molecule has 0 bridgehead atoms.